The number of aromatic nitrogens is 2. The molecule has 7 heteroatoms. The molecule has 1 unspecified atom stereocenters. The number of carbonyl (C=O) groups excluding carboxylic acids is 1. The minimum Gasteiger partial charge on any atom is -0.508 e. The highest BCUT2D eigenvalue weighted by atomic mass is 16.6. The summed E-state index contributed by atoms with van der Waals surface area (Å²) in [6.07, 6.45) is 0. The van der Waals surface area contributed by atoms with E-state index in [4.69, 9.17) is 0 Å². The van der Waals surface area contributed by atoms with Gasteiger partial charge in [-0.3, -0.25) is 4.79 Å². The number of carbonyl (C=O) groups is 1. The van der Waals surface area contributed by atoms with Crippen molar-refractivity contribution in [2.75, 3.05) is 5.32 Å². The van der Waals surface area contributed by atoms with Gasteiger partial charge in [-0.05, 0) is 46.9 Å². The van der Waals surface area contributed by atoms with Gasteiger partial charge in [-0.25, -0.2) is 9.62 Å². The van der Waals surface area contributed by atoms with E-state index in [-0.39, 0.29) is 17.4 Å². The first-order valence-electron chi connectivity index (χ1n) is 6.13. The number of aliphatic imine (C=N–C) groups is 1. The number of benzene rings is 1. The number of anilines is 1. The minimum absolute atomic E-state index is 0.147. The molecule has 2 N–H and O–H groups in total. The van der Waals surface area contributed by atoms with Gasteiger partial charge in [0.25, 0.3) is 0 Å². The van der Waals surface area contributed by atoms with Crippen LogP contribution < -0.4 is 5.32 Å². The van der Waals surface area contributed by atoms with Crippen molar-refractivity contribution in [3.05, 3.63) is 28.3 Å². The summed E-state index contributed by atoms with van der Waals surface area (Å²) in [6.45, 7) is 3.61. The molecule has 0 bridgehead atoms. The van der Waals surface area contributed by atoms with Crippen molar-refractivity contribution >= 4 is 23.1 Å². The van der Waals surface area contributed by atoms with E-state index < -0.39 is 6.04 Å². The zero-order chi connectivity index (χ0) is 14.0. The van der Waals surface area contributed by atoms with Crippen molar-refractivity contribution in [3.8, 4) is 5.75 Å². The molecule has 4 rings (SSSR count). The molecule has 0 saturated carbocycles. The monoisotopic (exact) mass is 270 g/mol. The summed E-state index contributed by atoms with van der Waals surface area (Å²) >= 11 is 0. The van der Waals surface area contributed by atoms with E-state index in [0.29, 0.717) is 28.2 Å². The largest absolute Gasteiger partial charge is 0.508 e. The number of aromatic hydroxyl groups is 1. The molecule has 1 aromatic carbocycles. The molecule has 0 fully saturated rings. The average molecular weight is 270 g/mol. The van der Waals surface area contributed by atoms with Gasteiger partial charge in [0.1, 0.15) is 17.5 Å². The minimum atomic E-state index is -0.415. The first-order chi connectivity index (χ1) is 9.58. The summed E-state index contributed by atoms with van der Waals surface area (Å²) in [5.74, 6) is 0.695. The molecular formula is C13H10N4O3. The lowest BCUT2D eigenvalue weighted by Crippen LogP contribution is -2.23. The number of Topliss-reactive ketones (excluding diaryl/α,β-unsaturated/α-hetero) is 1. The summed E-state index contributed by atoms with van der Waals surface area (Å²) < 4.78 is 4.59. The first kappa shape index (κ1) is 11.2. The Kier molecular flexibility index (Phi) is 1.92. The van der Waals surface area contributed by atoms with Crippen molar-refractivity contribution in [1.29, 1.82) is 0 Å². The van der Waals surface area contributed by atoms with Crippen LogP contribution in [0.1, 0.15) is 33.1 Å². The van der Waals surface area contributed by atoms with E-state index in [1.807, 2.05) is 6.92 Å². The van der Waals surface area contributed by atoms with Crippen LogP contribution in [0.5, 0.6) is 5.75 Å². The predicted molar refractivity (Wildman–Crippen MR) is 69.7 cm³/mol. The Bertz CT molecular complexity index is 806. The molecular weight excluding hydrogens is 260 g/mol. The summed E-state index contributed by atoms with van der Waals surface area (Å²) in [5.41, 5.74) is 3.14. The molecule has 0 amide bonds. The van der Waals surface area contributed by atoms with E-state index in [9.17, 15) is 9.90 Å². The van der Waals surface area contributed by atoms with Crippen LogP contribution in [0.4, 0.5) is 11.6 Å². The zero-order valence-electron chi connectivity index (χ0n) is 10.8. The Morgan fingerprint density at radius 3 is 2.90 bits per heavy atom. The molecule has 1 aliphatic heterocycles. The smallest absolute Gasteiger partial charge is 0.241 e. The van der Waals surface area contributed by atoms with Crippen molar-refractivity contribution in [2.45, 2.75) is 19.9 Å². The third-order valence-electron chi connectivity index (χ3n) is 3.93. The number of hydrogen-bond acceptors (Lipinski definition) is 7. The molecule has 0 radical (unpaired) electrons. The molecule has 2 heterocycles. The molecule has 1 aliphatic carbocycles. The Labute approximate surface area is 113 Å². The highest BCUT2D eigenvalue weighted by Gasteiger charge is 2.42. The molecule has 1 aromatic heterocycles. The van der Waals surface area contributed by atoms with Gasteiger partial charge < -0.3 is 10.4 Å². The molecule has 100 valence electrons. The van der Waals surface area contributed by atoms with Gasteiger partial charge in [0.05, 0.1) is 0 Å². The van der Waals surface area contributed by atoms with Gasteiger partial charge in [-0.1, -0.05) is 0 Å². The number of fused-ring (bicyclic) bond motifs is 4. The van der Waals surface area contributed by atoms with E-state index in [1.54, 1.807) is 13.0 Å². The lowest BCUT2D eigenvalue weighted by Gasteiger charge is -2.17. The highest BCUT2D eigenvalue weighted by molar-refractivity contribution is 6.52. The fourth-order valence-corrected chi connectivity index (χ4v) is 2.72. The third-order valence-corrected chi connectivity index (χ3v) is 3.93. The lowest BCUT2D eigenvalue weighted by molar-refractivity contribution is 0.106. The molecule has 1 atom stereocenters. The molecule has 7 nitrogen and oxygen atoms in total. The van der Waals surface area contributed by atoms with Crippen LogP contribution in [0.25, 0.3) is 0 Å². The second-order valence-corrected chi connectivity index (χ2v) is 4.95. The molecule has 0 saturated heterocycles. The van der Waals surface area contributed by atoms with E-state index in [0.717, 1.165) is 5.56 Å². The van der Waals surface area contributed by atoms with Crippen LogP contribution >= 0.6 is 0 Å². The number of hydrogen-bond donors (Lipinski definition) is 2. The molecule has 20 heavy (non-hydrogen) atoms. The van der Waals surface area contributed by atoms with Crippen LogP contribution in [0, 0.1) is 13.8 Å². The van der Waals surface area contributed by atoms with Gasteiger partial charge >= 0.3 is 0 Å². The number of rotatable bonds is 0. The number of nitrogens with one attached hydrogen (secondary N) is 1. The number of nitrogens with zero attached hydrogens (tertiary/aromatic N) is 3. The highest BCUT2D eigenvalue weighted by Crippen LogP contribution is 2.42. The summed E-state index contributed by atoms with van der Waals surface area (Å²) in [6, 6.07) is 1.19. The zero-order valence-corrected chi connectivity index (χ0v) is 10.8. The van der Waals surface area contributed by atoms with Crippen LogP contribution in [0.2, 0.25) is 0 Å². The molecule has 2 aromatic rings. The predicted octanol–water partition coefficient (Wildman–Crippen LogP) is 1.83. The van der Waals surface area contributed by atoms with Crippen molar-refractivity contribution in [2.24, 2.45) is 4.99 Å². The van der Waals surface area contributed by atoms with Crippen molar-refractivity contribution in [3.63, 3.8) is 0 Å². The van der Waals surface area contributed by atoms with Gasteiger partial charge in [0, 0.05) is 5.56 Å². The molecule has 2 aliphatic rings. The normalized spacial score (nSPS) is 19.0. The SMILES string of the molecule is Cc1c(O)cc2c(c1C)C(=O)C1=Nc3nonc3NC12. The molecule has 0 spiro atoms. The second-order valence-electron chi connectivity index (χ2n) is 4.95. The Balaban J connectivity index is 1.99. The lowest BCUT2D eigenvalue weighted by atomic mass is 9.97. The number of phenolic OH excluding ortho intramolecular Hbond substituents is 1. The van der Waals surface area contributed by atoms with Crippen LogP contribution in [0.15, 0.2) is 15.7 Å². The maximum Gasteiger partial charge on any atom is 0.241 e. The third kappa shape index (κ3) is 1.19. The van der Waals surface area contributed by atoms with Crippen molar-refractivity contribution in [1.82, 2.24) is 10.3 Å². The fourth-order valence-electron chi connectivity index (χ4n) is 2.72. The topological polar surface area (TPSA) is 101 Å². The van der Waals surface area contributed by atoms with Gasteiger partial charge in [-0.15, -0.1) is 0 Å². The number of phenols is 1. The Morgan fingerprint density at radius 1 is 1.30 bits per heavy atom. The Hall–Kier alpha value is -2.70. The van der Waals surface area contributed by atoms with Crippen LogP contribution in [0.3, 0.4) is 0 Å². The van der Waals surface area contributed by atoms with Gasteiger partial charge in [0.2, 0.25) is 17.4 Å². The number of ketones is 1. The van der Waals surface area contributed by atoms with Gasteiger partial charge in [0.15, 0.2) is 0 Å². The standard InChI is InChI=1S/C13H10N4O3/c1-4-5(2)8-6(3-7(4)18)9-10(11(8)19)15-13-12(14-9)16-20-17-13/h3,9,18H,1-2H3,(H,14,16). The van der Waals surface area contributed by atoms with Gasteiger partial charge in [-0.2, -0.15) is 0 Å². The quantitative estimate of drug-likeness (QED) is 0.757. The summed E-state index contributed by atoms with van der Waals surface area (Å²) in [7, 11) is 0. The van der Waals surface area contributed by atoms with Crippen LogP contribution in [-0.4, -0.2) is 26.9 Å². The van der Waals surface area contributed by atoms with E-state index in [2.05, 4.69) is 25.3 Å². The fraction of sp³-hybridized carbons (Fsp3) is 0.231. The average Bonchev–Trinajstić information content (AvgIpc) is 2.98. The van der Waals surface area contributed by atoms with E-state index in [1.165, 1.54) is 0 Å². The maximum atomic E-state index is 12.5. The van der Waals surface area contributed by atoms with Crippen LogP contribution in [-0.2, 0) is 0 Å². The van der Waals surface area contributed by atoms with E-state index >= 15 is 0 Å². The second kappa shape index (κ2) is 3.44. The Morgan fingerprint density at radius 2 is 2.10 bits per heavy atom. The maximum absolute atomic E-state index is 12.5. The summed E-state index contributed by atoms with van der Waals surface area (Å²) in [4.78, 5) is 16.7. The first-order valence-corrected chi connectivity index (χ1v) is 6.13. The van der Waals surface area contributed by atoms with Crippen molar-refractivity contribution < 1.29 is 14.5 Å². The summed E-state index contributed by atoms with van der Waals surface area (Å²) in [5, 5.41) is 20.4.